The fourth-order valence-corrected chi connectivity index (χ4v) is 4.05. The molecule has 0 unspecified atom stereocenters. The number of anilines is 1. The monoisotopic (exact) mass is 434 g/mol. The van der Waals surface area contributed by atoms with Crippen molar-refractivity contribution in [1.29, 1.82) is 0 Å². The topological polar surface area (TPSA) is 49.3 Å². The van der Waals surface area contributed by atoms with Gasteiger partial charge in [-0.2, -0.15) is 0 Å². The summed E-state index contributed by atoms with van der Waals surface area (Å²) in [5.74, 6) is 1.76. The third-order valence-corrected chi connectivity index (χ3v) is 6.28. The van der Waals surface area contributed by atoms with E-state index in [1.54, 1.807) is 16.7 Å². The van der Waals surface area contributed by atoms with Crippen molar-refractivity contribution >= 4 is 23.5 Å². The van der Waals surface area contributed by atoms with Crippen molar-refractivity contribution in [2.75, 3.05) is 25.5 Å². The lowest BCUT2D eigenvalue weighted by molar-refractivity contribution is 0.0802. The number of nitrogens with zero attached hydrogens (tertiary/aromatic N) is 4. The Kier molecular flexibility index (Phi) is 7.69. The van der Waals surface area contributed by atoms with Gasteiger partial charge in [0, 0.05) is 49.8 Å². The van der Waals surface area contributed by atoms with Crippen molar-refractivity contribution < 1.29 is 4.79 Å². The van der Waals surface area contributed by atoms with Gasteiger partial charge in [0.15, 0.2) is 5.16 Å². The molecule has 31 heavy (non-hydrogen) atoms. The van der Waals surface area contributed by atoms with Crippen molar-refractivity contribution in [1.82, 2.24) is 14.9 Å². The highest BCUT2D eigenvalue weighted by Crippen LogP contribution is 2.26. The summed E-state index contributed by atoms with van der Waals surface area (Å²) in [6.07, 6.45) is 0. The van der Waals surface area contributed by atoms with Crippen molar-refractivity contribution in [2.24, 2.45) is 0 Å². The quantitative estimate of drug-likeness (QED) is 0.364. The second-order valence-electron chi connectivity index (χ2n) is 7.69. The van der Waals surface area contributed by atoms with Gasteiger partial charge in [-0.05, 0) is 44.0 Å². The number of carbonyl (C=O) groups excluding carboxylic acids is 1. The Balaban J connectivity index is 1.70. The van der Waals surface area contributed by atoms with Gasteiger partial charge >= 0.3 is 0 Å². The summed E-state index contributed by atoms with van der Waals surface area (Å²) in [6.45, 7) is 7.57. The third-order valence-electron chi connectivity index (χ3n) is 5.36. The second-order valence-corrected chi connectivity index (χ2v) is 8.63. The molecule has 3 aromatic rings. The maximum Gasteiger partial charge on any atom is 0.253 e. The summed E-state index contributed by atoms with van der Waals surface area (Å²) in [7, 11) is 3.88. The SMILES string of the molecule is CCN(C)C(=O)c1ccc(CSc2nc(C)c(C)c(N(C)Cc3ccccc3)n2)cc1. The van der Waals surface area contributed by atoms with Crippen molar-refractivity contribution in [3.63, 3.8) is 0 Å². The zero-order valence-electron chi connectivity index (χ0n) is 18.9. The van der Waals surface area contributed by atoms with Crippen LogP contribution in [0.3, 0.4) is 0 Å². The van der Waals surface area contributed by atoms with Gasteiger partial charge in [0.25, 0.3) is 5.91 Å². The molecular weight excluding hydrogens is 404 g/mol. The number of benzene rings is 2. The van der Waals surface area contributed by atoms with E-state index >= 15 is 0 Å². The summed E-state index contributed by atoms with van der Waals surface area (Å²) in [4.78, 5) is 25.7. The van der Waals surface area contributed by atoms with E-state index < -0.39 is 0 Å². The largest absolute Gasteiger partial charge is 0.355 e. The predicted octanol–water partition coefficient (Wildman–Crippen LogP) is 5.11. The molecule has 0 saturated heterocycles. The highest BCUT2D eigenvalue weighted by molar-refractivity contribution is 7.98. The number of carbonyl (C=O) groups is 1. The standard InChI is InChI=1S/C25H30N4OS/c1-6-28(4)24(30)22-14-12-21(13-15-22)17-31-25-26-19(3)18(2)23(27-25)29(5)16-20-10-8-7-9-11-20/h7-15H,6,16-17H2,1-5H3. The first-order valence-electron chi connectivity index (χ1n) is 10.5. The lowest BCUT2D eigenvalue weighted by Crippen LogP contribution is -2.26. The summed E-state index contributed by atoms with van der Waals surface area (Å²) < 4.78 is 0. The number of aryl methyl sites for hydroxylation is 1. The van der Waals surface area contributed by atoms with Gasteiger partial charge < -0.3 is 9.80 Å². The van der Waals surface area contributed by atoms with Gasteiger partial charge in [-0.3, -0.25) is 4.79 Å². The zero-order chi connectivity index (χ0) is 22.4. The molecule has 0 fully saturated rings. The van der Waals surface area contributed by atoms with E-state index in [-0.39, 0.29) is 5.91 Å². The van der Waals surface area contributed by atoms with Crippen LogP contribution >= 0.6 is 11.8 Å². The van der Waals surface area contributed by atoms with Gasteiger partial charge in [-0.15, -0.1) is 0 Å². The van der Waals surface area contributed by atoms with Crippen LogP contribution in [0.4, 0.5) is 5.82 Å². The first-order valence-corrected chi connectivity index (χ1v) is 11.4. The van der Waals surface area contributed by atoms with Crippen LogP contribution in [0.5, 0.6) is 0 Å². The van der Waals surface area contributed by atoms with Crippen LogP contribution in [0.1, 0.15) is 39.7 Å². The highest BCUT2D eigenvalue weighted by atomic mass is 32.2. The van der Waals surface area contributed by atoms with Crippen LogP contribution in [0.15, 0.2) is 59.8 Å². The normalized spacial score (nSPS) is 10.7. The van der Waals surface area contributed by atoms with E-state index in [0.29, 0.717) is 12.1 Å². The van der Waals surface area contributed by atoms with E-state index in [1.807, 2.05) is 51.2 Å². The van der Waals surface area contributed by atoms with E-state index in [9.17, 15) is 4.79 Å². The highest BCUT2D eigenvalue weighted by Gasteiger charge is 2.14. The lowest BCUT2D eigenvalue weighted by atomic mass is 10.1. The molecule has 0 N–H and O–H groups in total. The predicted molar refractivity (Wildman–Crippen MR) is 129 cm³/mol. The molecule has 0 spiro atoms. The summed E-state index contributed by atoms with van der Waals surface area (Å²) in [5, 5.41) is 0.767. The number of rotatable bonds is 8. The molecule has 0 aliphatic heterocycles. The van der Waals surface area contributed by atoms with E-state index in [4.69, 9.17) is 4.98 Å². The van der Waals surface area contributed by atoms with Crippen LogP contribution < -0.4 is 4.90 Å². The van der Waals surface area contributed by atoms with Gasteiger partial charge in [0.2, 0.25) is 0 Å². The zero-order valence-corrected chi connectivity index (χ0v) is 19.7. The maximum absolute atomic E-state index is 12.3. The molecule has 0 aliphatic carbocycles. The minimum absolute atomic E-state index is 0.0466. The Morgan fingerprint density at radius 3 is 2.26 bits per heavy atom. The molecule has 1 heterocycles. The average molecular weight is 435 g/mol. The van der Waals surface area contributed by atoms with Crippen LogP contribution in [-0.4, -0.2) is 41.4 Å². The molecule has 1 amide bonds. The minimum Gasteiger partial charge on any atom is -0.355 e. The van der Waals surface area contributed by atoms with E-state index in [1.165, 1.54) is 5.56 Å². The third kappa shape index (κ3) is 5.85. The van der Waals surface area contributed by atoms with Gasteiger partial charge in [0.05, 0.1) is 0 Å². The van der Waals surface area contributed by atoms with Crippen LogP contribution in [0.25, 0.3) is 0 Å². The molecular formula is C25H30N4OS. The lowest BCUT2D eigenvalue weighted by Gasteiger charge is -2.21. The average Bonchev–Trinajstić information content (AvgIpc) is 2.79. The minimum atomic E-state index is 0.0466. The maximum atomic E-state index is 12.3. The number of thioether (sulfide) groups is 1. The Morgan fingerprint density at radius 2 is 1.61 bits per heavy atom. The summed E-state index contributed by atoms with van der Waals surface area (Å²) >= 11 is 1.62. The number of amides is 1. The molecule has 1 aromatic heterocycles. The summed E-state index contributed by atoms with van der Waals surface area (Å²) in [5.41, 5.74) is 5.20. The van der Waals surface area contributed by atoms with Crippen molar-refractivity contribution in [3.05, 3.63) is 82.5 Å². The molecule has 0 bridgehead atoms. The molecule has 3 rings (SSSR count). The van der Waals surface area contributed by atoms with Crippen LogP contribution in [-0.2, 0) is 12.3 Å². The second kappa shape index (κ2) is 10.4. The van der Waals surface area contributed by atoms with Gasteiger partial charge in [-0.1, -0.05) is 54.2 Å². The van der Waals surface area contributed by atoms with Gasteiger partial charge in [-0.25, -0.2) is 9.97 Å². The summed E-state index contributed by atoms with van der Waals surface area (Å²) in [6, 6.07) is 18.2. The van der Waals surface area contributed by atoms with Crippen LogP contribution in [0, 0.1) is 13.8 Å². The molecule has 6 heteroatoms. The molecule has 0 atom stereocenters. The molecule has 2 aromatic carbocycles. The van der Waals surface area contributed by atoms with Gasteiger partial charge in [0.1, 0.15) is 5.82 Å². The Labute approximate surface area is 189 Å². The fourth-order valence-electron chi connectivity index (χ4n) is 3.21. The first-order chi connectivity index (χ1) is 14.9. The first kappa shape index (κ1) is 22.8. The number of hydrogen-bond donors (Lipinski definition) is 0. The molecule has 0 saturated carbocycles. The van der Waals surface area contributed by atoms with Crippen molar-refractivity contribution in [3.8, 4) is 0 Å². The molecule has 0 aliphatic rings. The molecule has 162 valence electrons. The fraction of sp³-hybridized carbons (Fsp3) is 0.320. The number of hydrogen-bond acceptors (Lipinski definition) is 5. The molecule has 5 nitrogen and oxygen atoms in total. The Hall–Kier alpha value is -2.86. The Morgan fingerprint density at radius 1 is 0.935 bits per heavy atom. The van der Waals surface area contributed by atoms with Crippen molar-refractivity contribution in [2.45, 2.75) is 38.2 Å². The molecule has 0 radical (unpaired) electrons. The smallest absolute Gasteiger partial charge is 0.253 e. The van der Waals surface area contributed by atoms with Crippen LogP contribution in [0.2, 0.25) is 0 Å². The van der Waals surface area contributed by atoms with E-state index in [2.05, 4.69) is 48.1 Å². The number of aromatic nitrogens is 2. The Bertz CT molecular complexity index is 1020. The van der Waals surface area contributed by atoms with E-state index in [0.717, 1.165) is 40.1 Å².